The van der Waals surface area contributed by atoms with Gasteiger partial charge in [-0.1, -0.05) is 64.7 Å². The van der Waals surface area contributed by atoms with Crippen LogP contribution in [-0.4, -0.2) is 5.75 Å². The molecule has 1 aromatic rings. The summed E-state index contributed by atoms with van der Waals surface area (Å²) < 4.78 is 2.55. The van der Waals surface area contributed by atoms with E-state index in [1.165, 1.54) is 74.2 Å². The van der Waals surface area contributed by atoms with E-state index in [1.54, 1.807) is 11.3 Å². The largest absolute Gasteiger partial charge is 0.133 e. The smallest absolute Gasteiger partial charge is 0.0610 e. The van der Waals surface area contributed by atoms with Crippen LogP contribution < -0.4 is 0 Å². The third kappa shape index (κ3) is 9.86. The number of thioether (sulfide) groups is 1. The highest BCUT2D eigenvalue weighted by Gasteiger charge is 1.98. The van der Waals surface area contributed by atoms with Crippen molar-refractivity contribution in [3.8, 4) is 0 Å². The van der Waals surface area contributed by atoms with E-state index in [0.29, 0.717) is 0 Å². The van der Waals surface area contributed by atoms with E-state index in [0.717, 1.165) is 4.21 Å². The second-order valence-corrected chi connectivity index (χ2v) is 8.39. The van der Waals surface area contributed by atoms with Crippen molar-refractivity contribution in [3.05, 3.63) is 12.1 Å². The average molecular weight is 317 g/mol. The minimum Gasteiger partial charge on any atom is -0.133 e. The maximum absolute atomic E-state index is 4.34. The fraction of sp³-hybridized carbons (Fsp3) is 0.750. The van der Waals surface area contributed by atoms with Crippen molar-refractivity contribution >= 4 is 35.7 Å². The van der Waals surface area contributed by atoms with Gasteiger partial charge < -0.3 is 0 Å². The average Bonchev–Trinajstić information content (AvgIpc) is 2.82. The molecule has 0 aliphatic heterocycles. The van der Waals surface area contributed by atoms with Crippen molar-refractivity contribution in [1.82, 2.24) is 0 Å². The van der Waals surface area contributed by atoms with Crippen LogP contribution in [0.4, 0.5) is 0 Å². The van der Waals surface area contributed by atoms with Gasteiger partial charge in [0.05, 0.1) is 8.42 Å². The van der Waals surface area contributed by atoms with Gasteiger partial charge in [-0.05, 0) is 24.3 Å². The van der Waals surface area contributed by atoms with Gasteiger partial charge in [-0.15, -0.1) is 35.7 Å². The molecule has 0 radical (unpaired) electrons. The molecule has 0 nitrogen and oxygen atoms in total. The summed E-state index contributed by atoms with van der Waals surface area (Å²) in [6.45, 7) is 2.28. The van der Waals surface area contributed by atoms with E-state index in [-0.39, 0.29) is 0 Å². The summed E-state index contributed by atoms with van der Waals surface area (Å²) in [5, 5.41) is 0. The zero-order chi connectivity index (χ0) is 13.8. The van der Waals surface area contributed by atoms with Crippen molar-refractivity contribution in [2.24, 2.45) is 0 Å². The molecular formula is C16H28S3. The maximum Gasteiger partial charge on any atom is 0.0610 e. The fourth-order valence-electron chi connectivity index (χ4n) is 2.15. The van der Waals surface area contributed by atoms with Crippen molar-refractivity contribution in [1.29, 1.82) is 0 Å². The summed E-state index contributed by atoms with van der Waals surface area (Å²) >= 11 is 8.13. The zero-order valence-corrected chi connectivity index (χ0v) is 14.7. The molecule has 0 saturated carbocycles. The van der Waals surface area contributed by atoms with Crippen LogP contribution in [0.15, 0.2) is 20.6 Å². The van der Waals surface area contributed by atoms with Gasteiger partial charge in [-0.2, -0.15) is 0 Å². The van der Waals surface area contributed by atoms with Gasteiger partial charge in [0.1, 0.15) is 0 Å². The molecule has 0 aromatic carbocycles. The van der Waals surface area contributed by atoms with Crippen LogP contribution in [-0.2, 0) is 0 Å². The molecule has 0 spiro atoms. The molecule has 110 valence electrons. The topological polar surface area (TPSA) is 0 Å². The van der Waals surface area contributed by atoms with Crippen LogP contribution in [0.2, 0.25) is 0 Å². The molecule has 1 heterocycles. The summed E-state index contributed by atoms with van der Waals surface area (Å²) in [6.07, 6.45) is 14.2. The molecule has 0 fully saturated rings. The van der Waals surface area contributed by atoms with Gasteiger partial charge in [-0.3, -0.25) is 0 Å². The minimum absolute atomic E-state index is 1.13. The molecule has 0 aliphatic carbocycles. The van der Waals surface area contributed by atoms with Gasteiger partial charge in [0.25, 0.3) is 0 Å². The van der Waals surface area contributed by atoms with E-state index in [1.807, 2.05) is 11.8 Å². The van der Waals surface area contributed by atoms with E-state index < -0.39 is 0 Å². The van der Waals surface area contributed by atoms with Crippen molar-refractivity contribution < 1.29 is 0 Å². The zero-order valence-electron chi connectivity index (χ0n) is 12.2. The van der Waals surface area contributed by atoms with Crippen LogP contribution in [0.1, 0.15) is 71.1 Å². The fourth-order valence-corrected chi connectivity index (χ4v) is 4.65. The Morgan fingerprint density at radius 2 is 1.47 bits per heavy atom. The number of rotatable bonds is 12. The lowest BCUT2D eigenvalue weighted by atomic mass is 10.1. The lowest BCUT2D eigenvalue weighted by Crippen LogP contribution is -1.83. The van der Waals surface area contributed by atoms with Crippen molar-refractivity contribution in [2.45, 2.75) is 79.6 Å². The van der Waals surface area contributed by atoms with Crippen LogP contribution in [0.3, 0.4) is 0 Å². The van der Waals surface area contributed by atoms with Crippen LogP contribution in [0.25, 0.3) is 0 Å². The summed E-state index contributed by atoms with van der Waals surface area (Å²) in [4.78, 5) is 0. The van der Waals surface area contributed by atoms with Crippen LogP contribution in [0.5, 0.6) is 0 Å². The highest BCUT2D eigenvalue weighted by Crippen LogP contribution is 2.29. The molecule has 19 heavy (non-hydrogen) atoms. The molecule has 0 unspecified atom stereocenters. The number of hydrogen-bond acceptors (Lipinski definition) is 3. The summed E-state index contributed by atoms with van der Waals surface area (Å²) in [6, 6.07) is 4.28. The van der Waals surface area contributed by atoms with Crippen molar-refractivity contribution in [3.63, 3.8) is 0 Å². The third-order valence-corrected chi connectivity index (χ3v) is 5.93. The Hall–Kier alpha value is 0.400. The number of hydrogen-bond donors (Lipinski definition) is 1. The molecule has 1 rings (SSSR count). The Balaban J connectivity index is 1.79. The van der Waals surface area contributed by atoms with E-state index >= 15 is 0 Å². The Bertz CT molecular complexity index is 307. The second kappa shape index (κ2) is 12.2. The quantitative estimate of drug-likeness (QED) is 0.245. The van der Waals surface area contributed by atoms with Crippen LogP contribution >= 0.6 is 35.7 Å². The van der Waals surface area contributed by atoms with E-state index in [2.05, 4.69) is 31.7 Å². The van der Waals surface area contributed by atoms with Gasteiger partial charge in [0.2, 0.25) is 0 Å². The summed E-state index contributed by atoms with van der Waals surface area (Å²) in [5.74, 6) is 1.27. The molecule has 0 atom stereocenters. The Labute approximate surface area is 133 Å². The van der Waals surface area contributed by atoms with Gasteiger partial charge in [0, 0.05) is 0 Å². The second-order valence-electron chi connectivity index (χ2n) is 5.12. The molecule has 0 bridgehead atoms. The predicted octanol–water partition coefficient (Wildman–Crippen LogP) is 7.05. The SMILES string of the molecule is CCCCCCCCCCCCSc1ccc(S)s1. The molecule has 3 heteroatoms. The minimum atomic E-state index is 1.13. The molecule has 0 N–H and O–H groups in total. The predicted molar refractivity (Wildman–Crippen MR) is 94.1 cm³/mol. The molecule has 0 amide bonds. The highest BCUT2D eigenvalue weighted by molar-refractivity contribution is 8.01. The lowest BCUT2D eigenvalue weighted by Gasteiger charge is -2.02. The standard InChI is InChI=1S/C16H28S3/c1-2-3-4-5-6-7-8-9-10-11-14-18-16-13-12-15(17)19-16/h12-13,17H,2-11,14H2,1H3. The first-order valence-electron chi connectivity index (χ1n) is 7.74. The summed E-state index contributed by atoms with van der Waals surface area (Å²) in [5.41, 5.74) is 0. The van der Waals surface area contributed by atoms with E-state index in [9.17, 15) is 0 Å². The van der Waals surface area contributed by atoms with E-state index in [4.69, 9.17) is 0 Å². The van der Waals surface area contributed by atoms with Crippen molar-refractivity contribution in [2.75, 3.05) is 5.75 Å². The third-order valence-electron chi connectivity index (χ3n) is 3.31. The van der Waals surface area contributed by atoms with Gasteiger partial charge >= 0.3 is 0 Å². The first-order chi connectivity index (χ1) is 9.33. The first-order valence-corrected chi connectivity index (χ1v) is 9.99. The number of thiophene rings is 1. The van der Waals surface area contributed by atoms with Crippen LogP contribution in [0, 0.1) is 0 Å². The lowest BCUT2D eigenvalue weighted by molar-refractivity contribution is 0.563. The molecule has 0 aliphatic rings. The molecule has 1 aromatic heterocycles. The van der Waals surface area contributed by atoms with Gasteiger partial charge in [0.15, 0.2) is 0 Å². The first kappa shape index (κ1) is 17.5. The summed E-state index contributed by atoms with van der Waals surface area (Å²) in [7, 11) is 0. The molecular weight excluding hydrogens is 288 g/mol. The number of thiol groups is 1. The Morgan fingerprint density at radius 1 is 0.895 bits per heavy atom. The Kier molecular flexibility index (Phi) is 11.2. The highest BCUT2D eigenvalue weighted by atomic mass is 32.2. The monoisotopic (exact) mass is 316 g/mol. The normalized spacial score (nSPS) is 11.1. The molecule has 0 saturated heterocycles. The van der Waals surface area contributed by atoms with Gasteiger partial charge in [-0.25, -0.2) is 0 Å². The number of unbranched alkanes of at least 4 members (excludes halogenated alkanes) is 9. The Morgan fingerprint density at radius 3 is 2.00 bits per heavy atom. The maximum atomic E-state index is 4.34.